The first kappa shape index (κ1) is 30.6. The van der Waals surface area contributed by atoms with Crippen LogP contribution >= 0.6 is 23.2 Å². The van der Waals surface area contributed by atoms with Gasteiger partial charge in [-0.2, -0.15) is 0 Å². The van der Waals surface area contributed by atoms with Gasteiger partial charge in [-0.15, -0.1) is 0 Å². The van der Waals surface area contributed by atoms with E-state index < -0.39 is 11.6 Å². The van der Waals surface area contributed by atoms with Gasteiger partial charge in [0.2, 0.25) is 11.8 Å². The number of amides is 3. The average Bonchev–Trinajstić information content (AvgIpc) is 3.23. The number of rotatable bonds is 10. The highest BCUT2D eigenvalue weighted by molar-refractivity contribution is 6.35. The number of carbonyl (C=O) groups is 3. The lowest BCUT2D eigenvalue weighted by Gasteiger charge is -2.34. The maximum atomic E-state index is 14.1. The van der Waals surface area contributed by atoms with Crippen LogP contribution < -0.4 is 10.2 Å². The molecule has 1 aliphatic heterocycles. The molecule has 0 unspecified atom stereocenters. The predicted octanol–water partition coefficient (Wildman–Crippen LogP) is 7.44. The monoisotopic (exact) mass is 615 g/mol. The third-order valence-corrected chi connectivity index (χ3v) is 8.13. The summed E-state index contributed by atoms with van der Waals surface area (Å²) in [5, 5.41) is 5.95. The van der Waals surface area contributed by atoms with Crippen LogP contribution in [0.1, 0.15) is 55.1 Å². The van der Waals surface area contributed by atoms with Gasteiger partial charge in [-0.1, -0.05) is 83.9 Å². The number of carbonyl (C=O) groups excluding carboxylic acids is 3. The molecule has 0 spiro atoms. The Morgan fingerprint density at radius 1 is 0.930 bits per heavy atom. The summed E-state index contributed by atoms with van der Waals surface area (Å²) in [6.45, 7) is 6.26. The van der Waals surface area contributed by atoms with Crippen LogP contribution in [0.15, 0.2) is 84.9 Å². The van der Waals surface area contributed by atoms with Crippen LogP contribution in [0.2, 0.25) is 10.0 Å². The molecule has 8 heteroatoms. The SMILES string of the molecule is CC(C)(C)NC(=O)[C@@H](Cc1ccccc1)N(Cc1ccc(Cl)cc1Cl)C(=O)CCCN1C(=O)c2cccc3cccc1c23. The lowest BCUT2D eigenvalue weighted by atomic mass is 10.00. The Bertz CT molecular complexity index is 1660. The molecular weight excluding hydrogens is 581 g/mol. The molecule has 3 amide bonds. The van der Waals surface area contributed by atoms with E-state index in [9.17, 15) is 14.4 Å². The lowest BCUT2D eigenvalue weighted by Crippen LogP contribution is -2.54. The van der Waals surface area contributed by atoms with Crippen molar-refractivity contribution in [1.82, 2.24) is 10.2 Å². The van der Waals surface area contributed by atoms with E-state index in [-0.39, 0.29) is 30.7 Å². The Labute approximate surface area is 262 Å². The van der Waals surface area contributed by atoms with Gasteiger partial charge in [0.25, 0.3) is 5.91 Å². The molecule has 0 aliphatic carbocycles. The second-order valence-electron chi connectivity index (χ2n) is 11.9. The van der Waals surface area contributed by atoms with Gasteiger partial charge in [0, 0.05) is 52.5 Å². The molecule has 5 rings (SSSR count). The Kier molecular flexibility index (Phi) is 9.09. The van der Waals surface area contributed by atoms with Crippen molar-refractivity contribution in [1.29, 1.82) is 0 Å². The van der Waals surface area contributed by atoms with Crippen molar-refractivity contribution in [2.75, 3.05) is 11.4 Å². The summed E-state index contributed by atoms with van der Waals surface area (Å²) in [4.78, 5) is 44.5. The minimum Gasteiger partial charge on any atom is -0.350 e. The molecule has 43 heavy (non-hydrogen) atoms. The van der Waals surface area contributed by atoms with Gasteiger partial charge in [0.1, 0.15) is 6.04 Å². The second kappa shape index (κ2) is 12.8. The maximum Gasteiger partial charge on any atom is 0.258 e. The number of benzene rings is 4. The molecule has 4 aromatic rings. The molecule has 1 heterocycles. The highest BCUT2D eigenvalue weighted by atomic mass is 35.5. The third kappa shape index (κ3) is 7.03. The number of nitrogens with zero attached hydrogens (tertiary/aromatic N) is 2. The Hall–Kier alpha value is -3.87. The van der Waals surface area contributed by atoms with E-state index in [0.29, 0.717) is 40.6 Å². The highest BCUT2D eigenvalue weighted by Crippen LogP contribution is 2.37. The first-order valence-corrected chi connectivity index (χ1v) is 15.2. The van der Waals surface area contributed by atoms with Crippen LogP contribution in [0.5, 0.6) is 0 Å². The molecule has 222 valence electrons. The van der Waals surface area contributed by atoms with Gasteiger partial charge >= 0.3 is 0 Å². The van der Waals surface area contributed by atoms with Gasteiger partial charge < -0.3 is 15.1 Å². The lowest BCUT2D eigenvalue weighted by molar-refractivity contribution is -0.142. The van der Waals surface area contributed by atoms with Crippen molar-refractivity contribution in [2.24, 2.45) is 0 Å². The minimum absolute atomic E-state index is 0.0597. The zero-order chi connectivity index (χ0) is 30.7. The van der Waals surface area contributed by atoms with Crippen LogP contribution in [0.25, 0.3) is 10.8 Å². The fourth-order valence-electron chi connectivity index (χ4n) is 5.57. The third-order valence-electron chi connectivity index (χ3n) is 7.55. The van der Waals surface area contributed by atoms with Crippen LogP contribution in [0, 0.1) is 0 Å². The summed E-state index contributed by atoms with van der Waals surface area (Å²) in [6, 6.07) is 25.6. The van der Waals surface area contributed by atoms with Gasteiger partial charge in [-0.25, -0.2) is 0 Å². The molecule has 1 aliphatic rings. The number of hydrogen-bond donors (Lipinski definition) is 1. The molecule has 0 saturated heterocycles. The van der Waals surface area contributed by atoms with E-state index in [4.69, 9.17) is 23.2 Å². The van der Waals surface area contributed by atoms with Gasteiger partial charge in [0.15, 0.2) is 0 Å². The van der Waals surface area contributed by atoms with Crippen molar-refractivity contribution in [3.63, 3.8) is 0 Å². The largest absolute Gasteiger partial charge is 0.350 e. The Balaban J connectivity index is 1.40. The topological polar surface area (TPSA) is 69.7 Å². The molecule has 0 aromatic heterocycles. The number of hydrogen-bond acceptors (Lipinski definition) is 3. The van der Waals surface area contributed by atoms with Crippen molar-refractivity contribution < 1.29 is 14.4 Å². The summed E-state index contributed by atoms with van der Waals surface area (Å²) in [5.74, 6) is -0.499. The first-order chi connectivity index (χ1) is 20.5. The number of anilines is 1. The summed E-state index contributed by atoms with van der Waals surface area (Å²) in [7, 11) is 0. The average molecular weight is 617 g/mol. The second-order valence-corrected chi connectivity index (χ2v) is 12.8. The molecule has 4 aromatic carbocycles. The van der Waals surface area contributed by atoms with Crippen LogP contribution in [0.4, 0.5) is 5.69 Å². The van der Waals surface area contributed by atoms with Gasteiger partial charge in [-0.05, 0) is 68.0 Å². The van der Waals surface area contributed by atoms with E-state index in [2.05, 4.69) is 5.32 Å². The summed E-state index contributed by atoms with van der Waals surface area (Å²) in [6.07, 6.45) is 0.912. The molecular formula is C35H35Cl2N3O3. The van der Waals surface area contributed by atoms with Crippen LogP contribution in [-0.2, 0) is 22.6 Å². The highest BCUT2D eigenvalue weighted by Gasteiger charge is 2.33. The zero-order valence-electron chi connectivity index (χ0n) is 24.6. The maximum absolute atomic E-state index is 14.1. The van der Waals surface area contributed by atoms with Crippen molar-refractivity contribution in [2.45, 2.75) is 58.2 Å². The molecule has 1 N–H and O–H groups in total. The fraction of sp³-hybridized carbons (Fsp3) is 0.286. The smallest absolute Gasteiger partial charge is 0.258 e. The van der Waals surface area contributed by atoms with Gasteiger partial charge in [0.05, 0.1) is 5.69 Å². The molecule has 1 atom stereocenters. The number of nitrogens with one attached hydrogen (secondary N) is 1. The normalized spacial score (nSPS) is 13.3. The fourth-order valence-corrected chi connectivity index (χ4v) is 6.04. The van der Waals surface area contributed by atoms with E-state index in [0.717, 1.165) is 22.0 Å². The van der Waals surface area contributed by atoms with E-state index >= 15 is 0 Å². The summed E-state index contributed by atoms with van der Waals surface area (Å²) < 4.78 is 0. The van der Waals surface area contributed by atoms with E-state index in [1.165, 1.54) is 0 Å². The van der Waals surface area contributed by atoms with Crippen molar-refractivity contribution in [3.05, 3.63) is 112 Å². The van der Waals surface area contributed by atoms with Crippen LogP contribution in [0.3, 0.4) is 0 Å². The summed E-state index contributed by atoms with van der Waals surface area (Å²) >= 11 is 12.7. The molecule has 0 bridgehead atoms. The molecule has 0 fully saturated rings. The zero-order valence-corrected chi connectivity index (χ0v) is 26.1. The molecule has 6 nitrogen and oxygen atoms in total. The predicted molar refractivity (Wildman–Crippen MR) is 174 cm³/mol. The van der Waals surface area contributed by atoms with Crippen molar-refractivity contribution in [3.8, 4) is 0 Å². The first-order valence-electron chi connectivity index (χ1n) is 14.4. The Morgan fingerprint density at radius 2 is 1.65 bits per heavy atom. The quantitative estimate of drug-likeness (QED) is 0.201. The summed E-state index contributed by atoms with van der Waals surface area (Å²) in [5.41, 5.74) is 2.68. The number of halogens is 2. The molecule has 0 radical (unpaired) electrons. The Morgan fingerprint density at radius 3 is 2.35 bits per heavy atom. The van der Waals surface area contributed by atoms with Crippen LogP contribution in [-0.4, -0.2) is 40.7 Å². The standard InChI is InChI=1S/C35H35Cl2N3O3/c1-35(2,3)38-33(42)30(20-23-10-5-4-6-11-23)40(22-25-17-18-26(36)21-28(25)37)31(41)16-9-19-39-29-15-8-13-24-12-7-14-27(32(24)29)34(39)43/h4-8,10-15,17-18,21,30H,9,16,19-20,22H2,1-3H3,(H,38,42)/t30-/m1/s1. The van der Waals surface area contributed by atoms with Crippen molar-refractivity contribution >= 4 is 57.4 Å². The van der Waals surface area contributed by atoms with E-state index in [1.807, 2.05) is 87.5 Å². The van der Waals surface area contributed by atoms with Gasteiger partial charge in [-0.3, -0.25) is 14.4 Å². The minimum atomic E-state index is -0.785. The van der Waals surface area contributed by atoms with E-state index in [1.54, 1.807) is 28.0 Å². The molecule has 0 saturated carbocycles.